The number of aromatic carboxylic acids is 1. The number of amides is 4. The molecule has 0 aliphatic carbocycles. The van der Waals surface area contributed by atoms with E-state index < -0.39 is 17.9 Å². The van der Waals surface area contributed by atoms with Crippen LogP contribution in [0.25, 0.3) is 0 Å². The normalized spacial score (nSPS) is 28.4. The van der Waals surface area contributed by atoms with Crippen molar-refractivity contribution in [2.75, 3.05) is 14.2 Å². The summed E-state index contributed by atoms with van der Waals surface area (Å²) in [6.07, 6.45) is 9.81. The summed E-state index contributed by atoms with van der Waals surface area (Å²) < 4.78 is 9.56. The lowest BCUT2D eigenvalue weighted by molar-refractivity contribution is -0.327. The van der Waals surface area contributed by atoms with E-state index in [9.17, 15) is 38.7 Å². The third-order valence-electron chi connectivity index (χ3n) is 31.7. The maximum atomic E-state index is 13.3. The highest BCUT2D eigenvalue weighted by molar-refractivity contribution is 6.05. The van der Waals surface area contributed by atoms with Crippen LogP contribution in [-0.2, 0) is 28.8 Å². The average molecular weight is 1850 g/mol. The molecule has 4 amide bonds. The van der Waals surface area contributed by atoms with Gasteiger partial charge in [0.2, 0.25) is 0 Å². The Morgan fingerprint density at radius 1 is 0.304 bits per heavy atom. The van der Waals surface area contributed by atoms with Crippen molar-refractivity contribution in [3.05, 3.63) is 286 Å². The number of methoxy groups -OCH3 is 2. The lowest BCUT2D eigenvalue weighted by Gasteiger charge is -2.60. The van der Waals surface area contributed by atoms with Crippen LogP contribution < -0.4 is 21.3 Å². The van der Waals surface area contributed by atoms with Crippen LogP contribution in [0.15, 0.2) is 224 Å². The Hall–Kier alpha value is -10.3. The molecule has 22 nitrogen and oxygen atoms in total. The van der Waals surface area contributed by atoms with Gasteiger partial charge in [0.15, 0.2) is 0 Å². The number of piperidine rings is 4. The molecule has 4 aliphatic heterocycles. The van der Waals surface area contributed by atoms with Crippen molar-refractivity contribution in [3.63, 3.8) is 0 Å². The molecule has 4 aliphatic rings. The molecule has 0 bridgehead atoms. The van der Waals surface area contributed by atoms with E-state index in [2.05, 4.69) is 268 Å². The minimum absolute atomic E-state index is 0.00128. The molecule has 135 heavy (non-hydrogen) atoms. The zero-order valence-corrected chi connectivity index (χ0v) is 85.3. The molecule has 20 atom stereocenters. The first kappa shape index (κ1) is 108. The Labute approximate surface area is 805 Å². The molecule has 5 N–H and O–H groups in total. The van der Waals surface area contributed by atoms with Crippen molar-refractivity contribution in [2.24, 2.45) is 23.7 Å². The fourth-order valence-corrected chi connectivity index (χ4v) is 20.6. The zero-order valence-electron chi connectivity index (χ0n) is 85.3. The number of carbonyl (C=O) groups excluding carboxylic acids is 6. The summed E-state index contributed by atoms with van der Waals surface area (Å²) in [7, 11) is 2.68. The fourth-order valence-electron chi connectivity index (χ4n) is 20.6. The maximum Gasteiger partial charge on any atom is 0.337 e. The van der Waals surface area contributed by atoms with Crippen LogP contribution in [0.5, 0.6) is 0 Å². The van der Waals surface area contributed by atoms with Gasteiger partial charge < -0.3 is 35.8 Å². The molecule has 4 heterocycles. The van der Waals surface area contributed by atoms with Crippen LogP contribution in [0.3, 0.4) is 0 Å². The van der Waals surface area contributed by atoms with E-state index in [1.165, 1.54) is 25.8 Å². The second kappa shape index (κ2) is 47.2. The van der Waals surface area contributed by atoms with Crippen molar-refractivity contribution < 1.29 is 67.5 Å². The number of benzene rings is 8. The zero-order chi connectivity index (χ0) is 99.3. The largest absolute Gasteiger partial charge is 0.478 e. The third-order valence-corrected chi connectivity index (χ3v) is 31.7. The summed E-state index contributed by atoms with van der Waals surface area (Å²) >= 11 is 0. The Kier molecular flexibility index (Phi) is 37.9. The molecule has 12 rings (SSSR count). The van der Waals surface area contributed by atoms with Gasteiger partial charge >= 0.3 is 17.9 Å². The quantitative estimate of drug-likeness (QED) is 0.0253. The summed E-state index contributed by atoms with van der Waals surface area (Å²) in [5.41, 5.74) is 5.10. The molecule has 4 fully saturated rings. The summed E-state index contributed by atoms with van der Waals surface area (Å²) in [6.45, 7) is 52.5. The van der Waals surface area contributed by atoms with Crippen molar-refractivity contribution in [1.82, 2.24) is 41.5 Å². The number of carboxylic acid groups (broad SMARTS) is 1. The summed E-state index contributed by atoms with van der Waals surface area (Å²) in [6, 6.07) is 70.1. The first-order valence-corrected chi connectivity index (χ1v) is 49.1. The van der Waals surface area contributed by atoms with E-state index in [1.807, 2.05) is 91.0 Å². The Morgan fingerprint density at radius 2 is 0.533 bits per heavy atom. The number of hydrogen-bond donors (Lipinski definition) is 5. The Morgan fingerprint density at radius 3 is 0.807 bits per heavy atom. The molecule has 0 aromatic heterocycles. The lowest BCUT2D eigenvalue weighted by atomic mass is 9.68. The highest BCUT2D eigenvalue weighted by Gasteiger charge is 2.59. The Bertz CT molecular complexity index is 5180. The van der Waals surface area contributed by atoms with Crippen molar-refractivity contribution >= 4 is 41.5 Å². The van der Waals surface area contributed by atoms with Crippen LogP contribution in [0.4, 0.5) is 0 Å². The fraction of sp³-hybridized carbons (Fsp3) is 0.513. The van der Waals surface area contributed by atoms with E-state index in [0.717, 1.165) is 87.3 Å². The molecule has 8 aromatic rings. The van der Waals surface area contributed by atoms with E-state index in [4.69, 9.17) is 28.8 Å². The van der Waals surface area contributed by atoms with Crippen molar-refractivity contribution in [2.45, 2.75) is 336 Å². The first-order chi connectivity index (χ1) is 64.0. The molecule has 732 valence electrons. The third kappa shape index (κ3) is 24.6. The van der Waals surface area contributed by atoms with E-state index in [0.29, 0.717) is 34.2 Å². The van der Waals surface area contributed by atoms with Crippen molar-refractivity contribution in [1.29, 1.82) is 0 Å². The number of carbonyl (C=O) groups is 7. The van der Waals surface area contributed by atoms with E-state index in [1.54, 1.807) is 66.7 Å². The molecular formula is C113H156N8O14. The van der Waals surface area contributed by atoms with Crippen LogP contribution in [0.2, 0.25) is 0 Å². The number of hydrogen-bond acceptors (Lipinski definition) is 17. The van der Waals surface area contributed by atoms with Crippen LogP contribution in [0, 0.1) is 23.7 Å². The van der Waals surface area contributed by atoms with Crippen molar-refractivity contribution in [3.8, 4) is 0 Å². The number of nitrogens with one attached hydrogen (secondary N) is 4. The topological polar surface area (TPSA) is 256 Å². The second-order valence-corrected chi connectivity index (χ2v) is 39.7. The van der Waals surface area contributed by atoms with Crippen LogP contribution >= 0.6 is 0 Å². The predicted octanol–water partition coefficient (Wildman–Crippen LogP) is 23.9. The average Bonchev–Trinajstić information content (AvgIpc) is 0.750. The van der Waals surface area contributed by atoms with Gasteiger partial charge in [-0.05, 0) is 273 Å². The lowest BCUT2D eigenvalue weighted by Crippen LogP contribution is -2.70. The molecule has 22 heteroatoms. The monoisotopic (exact) mass is 1850 g/mol. The minimum atomic E-state index is -1.10. The summed E-state index contributed by atoms with van der Waals surface area (Å²) in [5, 5.41) is 31.5. The smallest absolute Gasteiger partial charge is 0.337 e. The van der Waals surface area contributed by atoms with Gasteiger partial charge in [-0.1, -0.05) is 241 Å². The predicted molar refractivity (Wildman–Crippen MR) is 536 cm³/mol. The minimum Gasteiger partial charge on any atom is -0.478 e. The van der Waals surface area contributed by atoms with Crippen LogP contribution in [0.1, 0.15) is 362 Å². The molecule has 0 saturated carbocycles. The first-order valence-electron chi connectivity index (χ1n) is 49.1. The van der Waals surface area contributed by atoms with Crippen LogP contribution in [-0.4, -0.2) is 150 Å². The SMILES string of the molecule is CCC1(C)CC(NC(=O)c2ccc(C(=O)OC)cc2)C(C)C(C)(CC)N1OC(C)c1ccccc1.CCC1(C)CC(NC(=O)c2cccc(C(=O)OC)c2)C(C)C(C)(CC)N1OC(C)c1ccccc1.CCC1(C)CC(NC(=O)c2ccccc2)C(C)C(C)(CC)N1OC(C)c1ccccc1.CCC1(C)CC(NC(=O)c2ccccc2C(=O)O)C(C)C(C)(CC)N1OC(C)c1ccccc1. The number of rotatable bonds is 31. The van der Waals surface area contributed by atoms with Gasteiger partial charge in [-0.2, -0.15) is 20.3 Å². The number of nitrogens with zero attached hydrogens (tertiary/aromatic N) is 4. The molecule has 0 spiro atoms. The van der Waals surface area contributed by atoms with Gasteiger partial charge in [-0.25, -0.2) is 14.4 Å². The van der Waals surface area contributed by atoms with Gasteiger partial charge in [0.1, 0.15) is 24.4 Å². The highest BCUT2D eigenvalue weighted by Crippen LogP contribution is 2.53. The maximum absolute atomic E-state index is 13.3. The summed E-state index contributed by atoms with van der Waals surface area (Å²) in [5.74, 6) is -2.07. The number of esters is 2. The number of ether oxygens (including phenoxy) is 2. The molecule has 0 radical (unpaired) electrons. The number of carboxylic acids is 1. The van der Waals surface area contributed by atoms with Gasteiger partial charge in [0, 0.05) is 85.2 Å². The molecular weight excluding hydrogens is 1690 g/mol. The van der Waals surface area contributed by atoms with Gasteiger partial charge in [-0.3, -0.25) is 38.5 Å². The molecule has 20 unspecified atom stereocenters. The van der Waals surface area contributed by atoms with Gasteiger partial charge in [0.05, 0.1) is 36.5 Å². The Balaban J connectivity index is 0.000000202. The van der Waals surface area contributed by atoms with Gasteiger partial charge in [0.25, 0.3) is 23.6 Å². The summed E-state index contributed by atoms with van der Waals surface area (Å²) in [4.78, 5) is 115. The highest BCUT2D eigenvalue weighted by atomic mass is 16.7. The standard InChI is InChI=1S/2C29H40N2O4.C28H38N2O4.C27H38N2O2/c1-8-28(5)19-25(30-26(32)23-16-13-17-24(18-23)27(33)34-7)20(3)29(6,9-2)31(28)35-21(4)22-14-11-10-12-15-22;1-8-28(5)19-25(30-26(32)23-15-17-24(18-16-23)27(33)34-7)20(3)29(6,9-2)31(28)35-21(4)22-13-11-10-12-14-22;1-7-27(5)18-24(29-25(31)22-16-12-13-17-23(22)26(32)33)19(3)28(6,8-2)30(27)34-20(4)21-14-10-9-11-15-21;1-7-26(5)19-24(28-25(30)23-17-13-10-14-18-23)20(3)27(6,8-2)29(26)31-21(4)22-15-11-9-12-16-22/h2*10-18,20-21,25H,8-9,19H2,1-7H3,(H,30,32);9-17,19-20,24H,7-8,18H2,1-6H3,(H,29,31)(H,32,33);9-18,20-21,24H,7-8,19H2,1-6H3,(H,28,30). The molecule has 8 aromatic carbocycles. The second-order valence-electron chi connectivity index (χ2n) is 39.7. The van der Waals surface area contributed by atoms with E-state index in [-0.39, 0.29) is 151 Å². The number of hydroxylamine groups is 8. The van der Waals surface area contributed by atoms with E-state index >= 15 is 0 Å². The van der Waals surface area contributed by atoms with Gasteiger partial charge in [-0.15, -0.1) is 0 Å². The molecule has 4 saturated heterocycles.